The van der Waals surface area contributed by atoms with Crippen LogP contribution in [0, 0.1) is 11.2 Å². The molecular formula is C12H8BrClFN3O. The highest BCUT2D eigenvalue weighted by Crippen LogP contribution is 2.33. The van der Waals surface area contributed by atoms with Crippen LogP contribution in [0.25, 0.3) is 0 Å². The van der Waals surface area contributed by atoms with E-state index in [0.717, 1.165) is 6.07 Å². The minimum Gasteiger partial charge on any atom is -0.438 e. The molecule has 98 valence electrons. The van der Waals surface area contributed by atoms with E-state index >= 15 is 0 Å². The molecule has 0 aliphatic heterocycles. The van der Waals surface area contributed by atoms with E-state index in [1.54, 1.807) is 18.2 Å². The molecule has 0 fully saturated rings. The molecule has 0 atom stereocenters. The predicted molar refractivity (Wildman–Crippen MR) is 74.4 cm³/mol. The van der Waals surface area contributed by atoms with E-state index in [4.69, 9.17) is 27.5 Å². The second-order valence-corrected chi connectivity index (χ2v) is 4.84. The smallest absolute Gasteiger partial charge is 0.219 e. The summed E-state index contributed by atoms with van der Waals surface area (Å²) in [7, 11) is 0. The van der Waals surface area contributed by atoms with Crippen LogP contribution in [-0.4, -0.2) is 10.8 Å². The first-order valence-corrected chi connectivity index (χ1v) is 6.28. The van der Waals surface area contributed by atoms with Crippen molar-refractivity contribution < 1.29 is 9.13 Å². The van der Waals surface area contributed by atoms with E-state index in [9.17, 15) is 4.39 Å². The summed E-state index contributed by atoms with van der Waals surface area (Å²) in [5.74, 6) is -0.334. The molecule has 2 aromatic rings. The first kappa shape index (κ1) is 13.8. The second kappa shape index (κ2) is 5.54. The van der Waals surface area contributed by atoms with Crippen molar-refractivity contribution in [3.8, 4) is 11.6 Å². The number of nitrogens with two attached hydrogens (primary N) is 1. The van der Waals surface area contributed by atoms with Gasteiger partial charge >= 0.3 is 0 Å². The van der Waals surface area contributed by atoms with Crippen LogP contribution < -0.4 is 10.5 Å². The molecule has 3 N–H and O–H groups in total. The summed E-state index contributed by atoms with van der Waals surface area (Å²) in [6.45, 7) is 0. The first-order chi connectivity index (χ1) is 8.97. The van der Waals surface area contributed by atoms with Crippen molar-refractivity contribution in [2.75, 3.05) is 0 Å². The summed E-state index contributed by atoms with van der Waals surface area (Å²) in [6.07, 6.45) is 0. The number of aromatic nitrogens is 1. The lowest BCUT2D eigenvalue weighted by molar-refractivity contribution is 0.455. The van der Waals surface area contributed by atoms with Gasteiger partial charge in [-0.2, -0.15) is 0 Å². The first-order valence-electron chi connectivity index (χ1n) is 5.11. The van der Waals surface area contributed by atoms with Crippen LogP contribution in [0.1, 0.15) is 5.69 Å². The molecule has 0 radical (unpaired) electrons. The van der Waals surface area contributed by atoms with Gasteiger partial charge in [-0.3, -0.25) is 5.41 Å². The predicted octanol–water partition coefficient (Wildman–Crippen LogP) is 3.71. The van der Waals surface area contributed by atoms with Crippen molar-refractivity contribution in [2.45, 2.75) is 0 Å². The van der Waals surface area contributed by atoms with Gasteiger partial charge in [0.2, 0.25) is 5.88 Å². The number of rotatable bonds is 3. The molecule has 0 amide bonds. The fraction of sp³-hybridized carbons (Fsp3) is 0. The van der Waals surface area contributed by atoms with Crippen LogP contribution in [-0.2, 0) is 0 Å². The Morgan fingerprint density at radius 1 is 1.42 bits per heavy atom. The Balaban J connectivity index is 2.33. The van der Waals surface area contributed by atoms with Crippen molar-refractivity contribution in [3.63, 3.8) is 0 Å². The summed E-state index contributed by atoms with van der Waals surface area (Å²) in [5.41, 5.74) is 5.61. The third-order valence-electron chi connectivity index (χ3n) is 2.19. The number of benzene rings is 1. The molecule has 0 spiro atoms. The summed E-state index contributed by atoms with van der Waals surface area (Å²) in [4.78, 5) is 4.01. The number of nitrogens with one attached hydrogen (secondary N) is 1. The molecule has 0 aliphatic carbocycles. The zero-order valence-corrected chi connectivity index (χ0v) is 11.8. The monoisotopic (exact) mass is 343 g/mol. The molecule has 1 aromatic heterocycles. The summed E-state index contributed by atoms with van der Waals surface area (Å²) < 4.78 is 19.3. The zero-order chi connectivity index (χ0) is 14.0. The lowest BCUT2D eigenvalue weighted by Crippen LogP contribution is -2.13. The zero-order valence-electron chi connectivity index (χ0n) is 9.45. The third-order valence-corrected chi connectivity index (χ3v) is 3.10. The summed E-state index contributed by atoms with van der Waals surface area (Å²) >= 11 is 8.85. The summed E-state index contributed by atoms with van der Waals surface area (Å²) in [5, 5.41) is 7.28. The number of hydrogen-bond acceptors (Lipinski definition) is 3. The number of amidine groups is 1. The van der Waals surface area contributed by atoms with Crippen LogP contribution in [0.15, 0.2) is 34.8 Å². The topological polar surface area (TPSA) is 72.0 Å². The van der Waals surface area contributed by atoms with Gasteiger partial charge in [0.15, 0.2) is 0 Å². The average molecular weight is 345 g/mol. The number of nitrogens with zero attached hydrogens (tertiary/aromatic N) is 1. The molecule has 4 nitrogen and oxygen atoms in total. The van der Waals surface area contributed by atoms with Gasteiger partial charge in [0.25, 0.3) is 0 Å². The van der Waals surface area contributed by atoms with Crippen molar-refractivity contribution >= 4 is 33.4 Å². The molecule has 0 unspecified atom stereocenters. The van der Waals surface area contributed by atoms with Crippen LogP contribution >= 0.6 is 27.5 Å². The van der Waals surface area contributed by atoms with Crippen LogP contribution in [0.4, 0.5) is 4.39 Å². The highest BCUT2D eigenvalue weighted by atomic mass is 79.9. The quantitative estimate of drug-likeness (QED) is 0.506. The Morgan fingerprint density at radius 2 is 2.16 bits per heavy atom. The number of pyridine rings is 1. The Hall–Kier alpha value is -1.66. The maximum absolute atomic E-state index is 13.4. The van der Waals surface area contributed by atoms with E-state index in [2.05, 4.69) is 20.9 Å². The van der Waals surface area contributed by atoms with Crippen LogP contribution in [0.2, 0.25) is 5.02 Å². The fourth-order valence-corrected chi connectivity index (χ4v) is 2.04. The van der Waals surface area contributed by atoms with E-state index in [-0.39, 0.29) is 28.2 Å². The van der Waals surface area contributed by atoms with E-state index in [1.807, 2.05) is 0 Å². The highest BCUT2D eigenvalue weighted by Gasteiger charge is 2.10. The number of nitrogen functional groups attached to an aromatic ring is 1. The van der Waals surface area contributed by atoms with E-state index in [1.165, 1.54) is 6.07 Å². The number of hydrogen-bond donors (Lipinski definition) is 2. The molecular weight excluding hydrogens is 337 g/mol. The molecule has 0 bridgehead atoms. The molecule has 1 heterocycles. The van der Waals surface area contributed by atoms with Gasteiger partial charge in [-0.05, 0) is 28.1 Å². The van der Waals surface area contributed by atoms with Gasteiger partial charge in [0, 0.05) is 12.1 Å². The maximum Gasteiger partial charge on any atom is 0.219 e. The molecule has 0 saturated heterocycles. The molecule has 0 saturated carbocycles. The Morgan fingerprint density at radius 3 is 2.84 bits per heavy atom. The van der Waals surface area contributed by atoms with E-state index in [0.29, 0.717) is 4.47 Å². The van der Waals surface area contributed by atoms with Gasteiger partial charge in [-0.25, -0.2) is 9.37 Å². The van der Waals surface area contributed by atoms with Gasteiger partial charge in [-0.15, -0.1) is 0 Å². The lowest BCUT2D eigenvalue weighted by Gasteiger charge is -2.08. The highest BCUT2D eigenvalue weighted by molar-refractivity contribution is 9.10. The van der Waals surface area contributed by atoms with Gasteiger partial charge < -0.3 is 10.5 Å². The van der Waals surface area contributed by atoms with Crippen LogP contribution in [0.5, 0.6) is 11.6 Å². The van der Waals surface area contributed by atoms with Crippen molar-refractivity contribution in [1.82, 2.24) is 4.98 Å². The molecule has 7 heteroatoms. The van der Waals surface area contributed by atoms with Gasteiger partial charge in [-0.1, -0.05) is 17.7 Å². The van der Waals surface area contributed by atoms with Crippen molar-refractivity contribution in [3.05, 3.63) is 51.3 Å². The van der Waals surface area contributed by atoms with Crippen molar-refractivity contribution in [2.24, 2.45) is 5.73 Å². The normalized spacial score (nSPS) is 10.3. The maximum atomic E-state index is 13.4. The molecule has 0 aliphatic rings. The Kier molecular flexibility index (Phi) is 4.01. The van der Waals surface area contributed by atoms with E-state index < -0.39 is 5.82 Å². The SMILES string of the molecule is N=C(N)c1cccc(Oc2cc(F)c(Cl)cc2Br)n1. The number of ether oxygens (including phenoxy) is 1. The third kappa shape index (κ3) is 3.21. The fourth-order valence-electron chi connectivity index (χ4n) is 1.32. The standard InChI is InChI=1S/C12H8BrClFN3O/c13-6-4-7(14)8(15)5-10(6)19-11-3-1-2-9(18-11)12(16)17/h1-5H,(H3,16,17). The molecule has 1 aromatic carbocycles. The average Bonchev–Trinajstić information content (AvgIpc) is 2.36. The van der Waals surface area contributed by atoms with Gasteiger partial charge in [0.1, 0.15) is 23.1 Å². The molecule has 2 rings (SSSR count). The molecule has 19 heavy (non-hydrogen) atoms. The lowest BCUT2D eigenvalue weighted by atomic mass is 10.3. The number of halogens is 3. The Labute approximate surface area is 122 Å². The van der Waals surface area contributed by atoms with Gasteiger partial charge in [0.05, 0.1) is 9.50 Å². The summed E-state index contributed by atoms with van der Waals surface area (Å²) in [6, 6.07) is 7.33. The van der Waals surface area contributed by atoms with Crippen molar-refractivity contribution in [1.29, 1.82) is 5.41 Å². The Bertz CT molecular complexity index is 651. The van der Waals surface area contributed by atoms with Crippen LogP contribution in [0.3, 0.4) is 0 Å². The second-order valence-electron chi connectivity index (χ2n) is 3.57. The largest absolute Gasteiger partial charge is 0.438 e. The minimum atomic E-state index is -0.595. The minimum absolute atomic E-state index is 0.00956.